The lowest BCUT2D eigenvalue weighted by Crippen LogP contribution is -2.46. The van der Waals surface area contributed by atoms with E-state index in [1.165, 1.54) is 0 Å². The van der Waals surface area contributed by atoms with E-state index in [4.69, 9.17) is 14.2 Å². The third kappa shape index (κ3) is 11.0. The Labute approximate surface area is 296 Å². The molecule has 5 rings (SSSR count). The molecule has 1 saturated heterocycles. The molecule has 1 heterocycles. The average molecular weight is 688 g/mol. The highest BCUT2D eigenvalue weighted by Crippen LogP contribution is 2.37. The van der Waals surface area contributed by atoms with Crippen molar-refractivity contribution in [2.75, 3.05) is 46.1 Å². The van der Waals surface area contributed by atoms with E-state index in [1.54, 1.807) is 4.90 Å². The summed E-state index contributed by atoms with van der Waals surface area (Å²) in [7, 11) is 0. The second kappa shape index (κ2) is 19.4. The number of aliphatic hydroxyl groups is 2. The third-order valence-electron chi connectivity index (χ3n) is 9.58. The third-order valence-corrected chi connectivity index (χ3v) is 9.58. The normalized spacial score (nSPS) is 18.5. The minimum Gasteiger partial charge on any atom is -0.492 e. The van der Waals surface area contributed by atoms with Gasteiger partial charge in [-0.25, -0.2) is 4.79 Å². The van der Waals surface area contributed by atoms with E-state index in [0.717, 1.165) is 80.1 Å². The lowest BCUT2D eigenvalue weighted by atomic mass is 9.97. The van der Waals surface area contributed by atoms with Crippen molar-refractivity contribution in [3.63, 3.8) is 0 Å². The first-order valence-electron chi connectivity index (χ1n) is 18.1. The Hall–Kier alpha value is -3.96. The van der Waals surface area contributed by atoms with Gasteiger partial charge in [-0.1, -0.05) is 86.5 Å². The number of amides is 2. The first kappa shape index (κ1) is 37.3. The van der Waals surface area contributed by atoms with Crippen molar-refractivity contribution in [2.24, 2.45) is 0 Å². The van der Waals surface area contributed by atoms with E-state index in [-0.39, 0.29) is 25.3 Å². The molecule has 3 aromatic rings. The molecule has 10 heteroatoms. The van der Waals surface area contributed by atoms with Crippen molar-refractivity contribution in [3.05, 3.63) is 101 Å². The number of alkyl carbamates (subject to hydrolysis) is 1. The maximum Gasteiger partial charge on any atom is 0.407 e. The van der Waals surface area contributed by atoms with Crippen LogP contribution in [0, 0.1) is 0 Å². The molecule has 0 saturated carbocycles. The number of carbonyl (C=O) groups excluding carboxylic acids is 2. The molecule has 1 aliphatic carbocycles. The quantitative estimate of drug-likeness (QED) is 0.159. The predicted octanol–water partition coefficient (Wildman–Crippen LogP) is 5.05. The Morgan fingerprint density at radius 2 is 1.70 bits per heavy atom. The summed E-state index contributed by atoms with van der Waals surface area (Å²) in [6.07, 6.45) is 1.45. The van der Waals surface area contributed by atoms with Crippen molar-refractivity contribution in [1.82, 2.24) is 15.1 Å². The van der Waals surface area contributed by atoms with Gasteiger partial charge < -0.3 is 34.6 Å². The molecule has 1 fully saturated rings. The Bertz CT molecular complexity index is 1470. The summed E-state index contributed by atoms with van der Waals surface area (Å²) in [5, 5.41) is 25.5. The Balaban J connectivity index is 1.25. The number of fused-ring (bicyclic) bond motifs is 1. The van der Waals surface area contributed by atoms with Crippen molar-refractivity contribution >= 4 is 12.0 Å². The van der Waals surface area contributed by atoms with Crippen molar-refractivity contribution < 1.29 is 34.0 Å². The maximum absolute atomic E-state index is 14.1. The Morgan fingerprint density at radius 1 is 0.960 bits per heavy atom. The molecule has 270 valence electrons. The van der Waals surface area contributed by atoms with Crippen molar-refractivity contribution in [1.29, 1.82) is 0 Å². The number of rotatable bonds is 18. The highest BCUT2D eigenvalue weighted by Gasteiger charge is 2.38. The zero-order chi connectivity index (χ0) is 35.1. The molecular formula is C40H53N3O7. The van der Waals surface area contributed by atoms with E-state index in [9.17, 15) is 19.8 Å². The van der Waals surface area contributed by atoms with Gasteiger partial charge in [-0.05, 0) is 53.6 Å². The SMILES string of the molecule is CCCCCOC(=O)N[C@@H](Cc1ccccc1)[C@@H](O)CCC(=O)N(Cc1ccc(OCCN2CCOCC2)cc1)[C@H]1c2ccccc2C[C@H]1O. The number of morpholine rings is 1. The standard InChI is InChI=1S/C40H53N3O7/c1-2-3-9-23-50-40(47)41-35(27-30-10-5-4-6-11-30)36(44)18-19-38(46)43(39-34-13-8-7-12-32(34)28-37(39)45)29-31-14-16-33(17-15-31)49-26-22-42-20-24-48-25-21-42/h4-8,10-17,35-37,39,44-45H,2-3,9,18-29H2,1H3,(H,41,47)/t35-,36-,37+,39-/m0/s1. The van der Waals surface area contributed by atoms with Gasteiger partial charge in [-0.3, -0.25) is 9.69 Å². The van der Waals surface area contributed by atoms with Crippen LogP contribution in [0.2, 0.25) is 0 Å². The van der Waals surface area contributed by atoms with Gasteiger partial charge in [0.2, 0.25) is 5.91 Å². The molecule has 3 aromatic carbocycles. The fourth-order valence-corrected chi connectivity index (χ4v) is 6.75. The van der Waals surface area contributed by atoms with E-state index in [2.05, 4.69) is 17.1 Å². The average Bonchev–Trinajstić information content (AvgIpc) is 3.47. The van der Waals surface area contributed by atoms with Crippen LogP contribution in [0.5, 0.6) is 5.75 Å². The van der Waals surface area contributed by atoms with Gasteiger partial charge in [0.15, 0.2) is 0 Å². The lowest BCUT2D eigenvalue weighted by molar-refractivity contribution is -0.137. The number of unbranched alkanes of at least 4 members (excludes halogenated alkanes) is 2. The maximum atomic E-state index is 14.1. The largest absolute Gasteiger partial charge is 0.492 e. The number of ether oxygens (including phenoxy) is 3. The van der Waals surface area contributed by atoms with E-state index in [1.807, 2.05) is 78.9 Å². The molecular weight excluding hydrogens is 634 g/mol. The molecule has 0 unspecified atom stereocenters. The molecule has 0 spiro atoms. The number of aliphatic hydroxyl groups excluding tert-OH is 2. The summed E-state index contributed by atoms with van der Waals surface area (Å²) < 4.78 is 16.8. The monoisotopic (exact) mass is 687 g/mol. The molecule has 2 aliphatic rings. The molecule has 10 nitrogen and oxygen atoms in total. The molecule has 1 aliphatic heterocycles. The number of hydrogen-bond donors (Lipinski definition) is 3. The van der Waals surface area contributed by atoms with Crippen molar-refractivity contribution in [2.45, 2.75) is 82.7 Å². The summed E-state index contributed by atoms with van der Waals surface area (Å²) >= 11 is 0. The van der Waals surface area contributed by atoms with Gasteiger partial charge in [0.05, 0.1) is 44.1 Å². The molecule has 0 aromatic heterocycles. The Morgan fingerprint density at radius 3 is 2.46 bits per heavy atom. The van der Waals surface area contributed by atoms with E-state index >= 15 is 0 Å². The molecule has 0 bridgehead atoms. The predicted molar refractivity (Wildman–Crippen MR) is 192 cm³/mol. The van der Waals surface area contributed by atoms with Crippen molar-refractivity contribution in [3.8, 4) is 5.75 Å². The molecule has 4 atom stereocenters. The fourth-order valence-electron chi connectivity index (χ4n) is 6.75. The van der Waals surface area contributed by atoms with Crippen LogP contribution < -0.4 is 10.1 Å². The van der Waals surface area contributed by atoms with E-state index < -0.39 is 30.4 Å². The highest BCUT2D eigenvalue weighted by molar-refractivity contribution is 5.77. The van der Waals surface area contributed by atoms with Gasteiger partial charge in [0.25, 0.3) is 0 Å². The number of benzene rings is 3. The summed E-state index contributed by atoms with van der Waals surface area (Å²) in [5.41, 5.74) is 3.82. The highest BCUT2D eigenvalue weighted by atomic mass is 16.5. The van der Waals surface area contributed by atoms with Gasteiger partial charge in [-0.15, -0.1) is 0 Å². The number of nitrogens with zero attached hydrogens (tertiary/aromatic N) is 2. The van der Waals surface area contributed by atoms with Crippen LogP contribution in [0.1, 0.15) is 67.3 Å². The van der Waals surface area contributed by atoms with Gasteiger partial charge >= 0.3 is 6.09 Å². The smallest absolute Gasteiger partial charge is 0.407 e. The lowest BCUT2D eigenvalue weighted by Gasteiger charge is -2.33. The number of nitrogens with one attached hydrogen (secondary N) is 1. The van der Waals surface area contributed by atoms with Crippen LogP contribution in [0.4, 0.5) is 4.79 Å². The second-order valence-electron chi connectivity index (χ2n) is 13.3. The summed E-state index contributed by atoms with van der Waals surface area (Å²) in [4.78, 5) is 30.8. The zero-order valence-corrected chi connectivity index (χ0v) is 29.3. The van der Waals surface area contributed by atoms with Crippen LogP contribution in [0.15, 0.2) is 78.9 Å². The summed E-state index contributed by atoms with van der Waals surface area (Å²) in [6, 6.07) is 24.1. The van der Waals surface area contributed by atoms with Crippen LogP contribution in [-0.2, 0) is 33.7 Å². The fraction of sp³-hybridized carbons (Fsp3) is 0.500. The van der Waals surface area contributed by atoms with Crippen LogP contribution in [0.25, 0.3) is 0 Å². The van der Waals surface area contributed by atoms with Crippen LogP contribution in [-0.4, -0.2) is 96.3 Å². The second-order valence-corrected chi connectivity index (χ2v) is 13.3. The van der Waals surface area contributed by atoms with Gasteiger partial charge in [-0.2, -0.15) is 0 Å². The summed E-state index contributed by atoms with van der Waals surface area (Å²) in [5.74, 6) is 0.575. The van der Waals surface area contributed by atoms with Gasteiger partial charge in [0, 0.05) is 39.0 Å². The first-order valence-corrected chi connectivity index (χ1v) is 18.1. The topological polar surface area (TPSA) is 121 Å². The molecule has 50 heavy (non-hydrogen) atoms. The summed E-state index contributed by atoms with van der Waals surface area (Å²) in [6.45, 7) is 7.42. The zero-order valence-electron chi connectivity index (χ0n) is 29.3. The van der Waals surface area contributed by atoms with Gasteiger partial charge in [0.1, 0.15) is 12.4 Å². The molecule has 0 radical (unpaired) electrons. The molecule has 2 amide bonds. The van der Waals surface area contributed by atoms with Crippen LogP contribution >= 0.6 is 0 Å². The minimum absolute atomic E-state index is 0.0355. The number of hydrogen-bond acceptors (Lipinski definition) is 8. The molecule has 3 N–H and O–H groups in total. The minimum atomic E-state index is -1.00. The van der Waals surface area contributed by atoms with E-state index in [0.29, 0.717) is 26.1 Å². The first-order chi connectivity index (χ1) is 24.4. The Kier molecular flexibility index (Phi) is 14.5. The number of carbonyl (C=O) groups is 2. The van der Waals surface area contributed by atoms with Crippen LogP contribution in [0.3, 0.4) is 0 Å².